The number of aryl methyl sites for hydroxylation is 1. The predicted molar refractivity (Wildman–Crippen MR) is 103 cm³/mol. The first kappa shape index (κ1) is 15.3. The fraction of sp³-hybridized carbons (Fsp3) is 0.0952. The molecule has 1 aromatic heterocycles. The van der Waals surface area contributed by atoms with Gasteiger partial charge in [-0.25, -0.2) is 0 Å². The molecule has 0 aliphatic rings. The monoisotopic (exact) mass is 330 g/mol. The zero-order valence-electron chi connectivity index (χ0n) is 14.1. The molecule has 0 bridgehead atoms. The number of hydrogen-bond donors (Lipinski definition) is 2. The van der Waals surface area contributed by atoms with Crippen molar-refractivity contribution in [2.45, 2.75) is 6.92 Å². The number of aromatic amines is 1. The second kappa shape index (κ2) is 5.67. The molecule has 0 unspecified atom stereocenters. The normalized spacial score (nSPS) is 11.1. The quantitative estimate of drug-likeness (QED) is 0.540. The summed E-state index contributed by atoms with van der Waals surface area (Å²) in [6, 6.07) is 17.7. The number of pyridine rings is 1. The average Bonchev–Trinajstić information content (AvgIpc) is 2.64. The third-order valence-corrected chi connectivity index (χ3v) is 4.63. The number of H-pyrrole nitrogens is 1. The molecule has 0 aliphatic carbocycles. The summed E-state index contributed by atoms with van der Waals surface area (Å²) < 4.78 is 5.33. The molecule has 3 N–H and O–H groups in total. The van der Waals surface area contributed by atoms with Crippen LogP contribution in [0.4, 0.5) is 5.69 Å². The van der Waals surface area contributed by atoms with Crippen LogP contribution in [0.15, 0.2) is 59.4 Å². The van der Waals surface area contributed by atoms with Gasteiger partial charge in [0.1, 0.15) is 11.4 Å². The molecule has 3 aromatic carbocycles. The number of fused-ring (bicyclic) bond motifs is 3. The fourth-order valence-corrected chi connectivity index (χ4v) is 3.42. The van der Waals surface area contributed by atoms with Crippen LogP contribution in [0.25, 0.3) is 32.8 Å². The molecule has 0 saturated carbocycles. The van der Waals surface area contributed by atoms with Crippen LogP contribution in [0.3, 0.4) is 0 Å². The number of benzene rings is 3. The number of aromatic nitrogens is 1. The van der Waals surface area contributed by atoms with E-state index in [-0.39, 0.29) is 11.2 Å². The van der Waals surface area contributed by atoms with E-state index in [1.165, 1.54) is 0 Å². The zero-order valence-corrected chi connectivity index (χ0v) is 14.1. The number of nitrogen functional groups attached to an aromatic ring is 1. The van der Waals surface area contributed by atoms with Gasteiger partial charge in [-0.3, -0.25) is 4.79 Å². The highest BCUT2D eigenvalue weighted by molar-refractivity contribution is 6.13. The van der Waals surface area contributed by atoms with Gasteiger partial charge in [-0.05, 0) is 41.6 Å². The van der Waals surface area contributed by atoms with Crippen molar-refractivity contribution in [2.75, 3.05) is 12.8 Å². The number of nitrogens with two attached hydrogens (primary N) is 1. The van der Waals surface area contributed by atoms with Crippen LogP contribution >= 0.6 is 0 Å². The third-order valence-electron chi connectivity index (χ3n) is 4.63. The van der Waals surface area contributed by atoms with E-state index in [0.29, 0.717) is 0 Å². The van der Waals surface area contributed by atoms with Crippen molar-refractivity contribution >= 4 is 27.4 Å². The van der Waals surface area contributed by atoms with Crippen molar-refractivity contribution in [3.8, 4) is 16.9 Å². The van der Waals surface area contributed by atoms with Gasteiger partial charge in [0.25, 0.3) is 5.56 Å². The minimum absolute atomic E-state index is 0.218. The first-order valence-electron chi connectivity index (χ1n) is 8.08. The Bertz CT molecular complexity index is 1180. The summed E-state index contributed by atoms with van der Waals surface area (Å²) in [5, 5.41) is 3.06. The van der Waals surface area contributed by atoms with E-state index < -0.39 is 0 Å². The summed E-state index contributed by atoms with van der Waals surface area (Å²) in [6.45, 7) is 2.07. The van der Waals surface area contributed by atoms with E-state index in [1.807, 2.05) is 42.5 Å². The van der Waals surface area contributed by atoms with Crippen molar-refractivity contribution in [1.29, 1.82) is 0 Å². The van der Waals surface area contributed by atoms with Gasteiger partial charge in [0.15, 0.2) is 0 Å². The van der Waals surface area contributed by atoms with Crippen molar-refractivity contribution in [1.82, 2.24) is 4.98 Å². The molecule has 4 aromatic rings. The summed E-state index contributed by atoms with van der Waals surface area (Å²) in [5.74, 6) is 0.725. The maximum Gasteiger partial charge on any atom is 0.272 e. The topological polar surface area (TPSA) is 68.1 Å². The summed E-state index contributed by atoms with van der Waals surface area (Å²) >= 11 is 0. The Morgan fingerprint density at radius 3 is 2.48 bits per heavy atom. The van der Waals surface area contributed by atoms with Gasteiger partial charge in [-0.1, -0.05) is 36.4 Å². The van der Waals surface area contributed by atoms with Gasteiger partial charge in [0, 0.05) is 16.3 Å². The van der Waals surface area contributed by atoms with E-state index in [2.05, 4.69) is 24.0 Å². The van der Waals surface area contributed by atoms with Crippen molar-refractivity contribution in [2.24, 2.45) is 0 Å². The maximum atomic E-state index is 12.5. The number of anilines is 1. The Hall–Kier alpha value is -3.27. The van der Waals surface area contributed by atoms with E-state index in [9.17, 15) is 4.79 Å². The van der Waals surface area contributed by atoms with Crippen LogP contribution < -0.4 is 16.0 Å². The number of methoxy groups -OCH3 is 1. The van der Waals surface area contributed by atoms with E-state index in [4.69, 9.17) is 10.5 Å². The van der Waals surface area contributed by atoms with Crippen LogP contribution in [-0.2, 0) is 0 Å². The Balaban J connectivity index is 2.20. The zero-order chi connectivity index (χ0) is 17.6. The largest absolute Gasteiger partial charge is 0.497 e. The van der Waals surface area contributed by atoms with Gasteiger partial charge in [0.05, 0.1) is 12.6 Å². The first-order valence-corrected chi connectivity index (χ1v) is 8.08. The highest BCUT2D eigenvalue weighted by Crippen LogP contribution is 2.36. The number of ether oxygens (including phenoxy) is 1. The van der Waals surface area contributed by atoms with E-state index in [1.54, 1.807) is 7.11 Å². The van der Waals surface area contributed by atoms with Crippen LogP contribution in [-0.4, -0.2) is 12.1 Å². The molecule has 4 nitrogen and oxygen atoms in total. The lowest BCUT2D eigenvalue weighted by Gasteiger charge is -2.14. The maximum absolute atomic E-state index is 12.5. The second-order valence-corrected chi connectivity index (χ2v) is 6.14. The predicted octanol–water partition coefficient (Wildman–Crippen LogP) is 4.25. The Morgan fingerprint density at radius 1 is 0.960 bits per heavy atom. The average molecular weight is 330 g/mol. The minimum Gasteiger partial charge on any atom is -0.497 e. The SMILES string of the molecule is COc1cccc(-c2c(N)c(=O)[nH]c3c2cc(C)c2ccccc23)c1. The molecule has 0 amide bonds. The third kappa shape index (κ3) is 2.34. The first-order chi connectivity index (χ1) is 12.1. The molecule has 124 valence electrons. The number of nitrogens with one attached hydrogen (secondary N) is 1. The van der Waals surface area contributed by atoms with Gasteiger partial charge >= 0.3 is 0 Å². The number of hydrogen-bond acceptors (Lipinski definition) is 3. The Morgan fingerprint density at radius 2 is 1.72 bits per heavy atom. The molecule has 0 radical (unpaired) electrons. The van der Waals surface area contributed by atoms with Crippen molar-refractivity contribution in [3.05, 3.63) is 70.5 Å². The van der Waals surface area contributed by atoms with Gasteiger partial charge in [-0.2, -0.15) is 0 Å². The minimum atomic E-state index is -0.278. The summed E-state index contributed by atoms with van der Waals surface area (Å²) in [7, 11) is 1.62. The van der Waals surface area contributed by atoms with Crippen LogP contribution in [0, 0.1) is 6.92 Å². The summed E-state index contributed by atoms with van der Waals surface area (Å²) in [4.78, 5) is 15.5. The van der Waals surface area contributed by atoms with Crippen LogP contribution in [0.1, 0.15) is 5.56 Å². The van der Waals surface area contributed by atoms with Crippen molar-refractivity contribution < 1.29 is 4.74 Å². The lowest BCUT2D eigenvalue weighted by Crippen LogP contribution is -2.13. The molecule has 4 heteroatoms. The molecule has 0 aliphatic heterocycles. The lowest BCUT2D eigenvalue weighted by molar-refractivity contribution is 0.415. The fourth-order valence-electron chi connectivity index (χ4n) is 3.42. The molecule has 0 atom stereocenters. The molecule has 0 spiro atoms. The van der Waals surface area contributed by atoms with Crippen molar-refractivity contribution in [3.63, 3.8) is 0 Å². The smallest absolute Gasteiger partial charge is 0.272 e. The lowest BCUT2D eigenvalue weighted by atomic mass is 9.94. The molecule has 0 saturated heterocycles. The standard InChI is InChI=1S/C21H18N2O2/c1-12-10-17-18(13-6-5-7-14(11-13)25-2)19(22)21(24)23-20(17)16-9-4-3-8-15(12)16/h3-11H,22H2,1-2H3,(H,23,24). The van der Waals surface area contributed by atoms with E-state index >= 15 is 0 Å². The van der Waals surface area contributed by atoms with Gasteiger partial charge < -0.3 is 15.5 Å². The highest BCUT2D eigenvalue weighted by Gasteiger charge is 2.15. The highest BCUT2D eigenvalue weighted by atomic mass is 16.5. The molecule has 1 heterocycles. The molecule has 0 fully saturated rings. The second-order valence-electron chi connectivity index (χ2n) is 6.14. The molecule has 4 rings (SSSR count). The Kier molecular flexibility index (Phi) is 3.46. The Labute approximate surface area is 144 Å². The van der Waals surface area contributed by atoms with Gasteiger partial charge in [0.2, 0.25) is 0 Å². The van der Waals surface area contributed by atoms with Gasteiger partial charge in [-0.15, -0.1) is 0 Å². The molecular weight excluding hydrogens is 312 g/mol. The summed E-state index contributed by atoms with van der Waals surface area (Å²) in [5.41, 5.74) is 9.67. The molecule has 25 heavy (non-hydrogen) atoms. The summed E-state index contributed by atoms with van der Waals surface area (Å²) in [6.07, 6.45) is 0. The van der Waals surface area contributed by atoms with Crippen LogP contribution in [0.2, 0.25) is 0 Å². The molecular formula is C21H18N2O2. The number of rotatable bonds is 2. The van der Waals surface area contributed by atoms with Crippen LogP contribution in [0.5, 0.6) is 5.75 Å². The van der Waals surface area contributed by atoms with E-state index in [0.717, 1.165) is 44.1 Å².